The zero-order chi connectivity index (χ0) is 3.98. The molecule has 0 bridgehead atoms. The minimum absolute atomic E-state index is 0. The van der Waals surface area contributed by atoms with Gasteiger partial charge in [-0.25, -0.2) is 0 Å². The Morgan fingerprint density at radius 1 is 1.57 bits per heavy atom. The van der Waals surface area contributed by atoms with Crippen LogP contribution in [0.1, 0.15) is 12.8 Å². The van der Waals surface area contributed by atoms with Crippen molar-refractivity contribution in [3.8, 4) is 0 Å². The van der Waals surface area contributed by atoms with E-state index in [1.807, 2.05) is 0 Å². The maximum absolute atomic E-state index is 3.31. The molecule has 34 valence electrons. The Kier molecular flexibility index (Phi) is 1.48. The van der Waals surface area contributed by atoms with Gasteiger partial charge < -0.3 is 5.32 Å². The quantitative estimate of drug-likeness (QED) is 0.256. The van der Waals surface area contributed by atoms with Gasteiger partial charge in [-0.2, -0.15) is 12.3 Å². The maximum atomic E-state index is 3.31. The standard InChI is InChI=1S/C5H8N.Li/c1-2-6-5-3-4(1)5;/h4,6H,1-3H2;/q-1;+1. The molecule has 0 aromatic rings. The second-order valence-corrected chi connectivity index (χ2v) is 2.14. The molecule has 2 heteroatoms. The van der Waals surface area contributed by atoms with Gasteiger partial charge in [0.05, 0.1) is 0 Å². The summed E-state index contributed by atoms with van der Waals surface area (Å²) in [5.74, 6) is 1.02. The van der Waals surface area contributed by atoms with Gasteiger partial charge in [-0.3, -0.25) is 6.04 Å². The zero-order valence-electron chi connectivity index (χ0n) is 4.70. The molecule has 1 nitrogen and oxygen atoms in total. The third kappa shape index (κ3) is 0.864. The number of piperidine rings is 1. The molecule has 1 aliphatic carbocycles. The van der Waals surface area contributed by atoms with Crippen molar-refractivity contribution < 1.29 is 18.9 Å². The van der Waals surface area contributed by atoms with Gasteiger partial charge in [-0.05, 0) is 6.54 Å². The van der Waals surface area contributed by atoms with E-state index < -0.39 is 0 Å². The first-order valence-corrected chi connectivity index (χ1v) is 2.56. The molecule has 1 N–H and O–H groups in total. The van der Waals surface area contributed by atoms with Crippen molar-refractivity contribution in [1.29, 1.82) is 0 Å². The van der Waals surface area contributed by atoms with Crippen molar-refractivity contribution >= 4 is 0 Å². The van der Waals surface area contributed by atoms with E-state index in [-0.39, 0.29) is 18.9 Å². The van der Waals surface area contributed by atoms with Crippen LogP contribution in [0, 0.1) is 12.0 Å². The molecule has 2 rings (SSSR count). The Hall–Kier alpha value is 0.557. The number of nitrogens with one attached hydrogen (secondary N) is 1. The molecule has 0 radical (unpaired) electrons. The normalized spacial score (nSPS) is 36.9. The number of rotatable bonds is 0. The molecule has 1 saturated heterocycles. The number of fused-ring (bicyclic) bond motifs is 1. The fourth-order valence-corrected chi connectivity index (χ4v) is 1.11. The summed E-state index contributed by atoms with van der Waals surface area (Å²) < 4.78 is 0. The van der Waals surface area contributed by atoms with Crippen LogP contribution in [0.15, 0.2) is 0 Å². The molecule has 0 spiro atoms. The van der Waals surface area contributed by atoms with Crippen LogP contribution in [0.3, 0.4) is 0 Å². The van der Waals surface area contributed by atoms with Gasteiger partial charge in [-0.1, -0.05) is 6.42 Å². The molecule has 1 saturated carbocycles. The largest absolute Gasteiger partial charge is 1.00 e. The van der Waals surface area contributed by atoms with Gasteiger partial charge in [-0.15, -0.1) is 0 Å². The van der Waals surface area contributed by atoms with Crippen LogP contribution in [-0.4, -0.2) is 6.54 Å². The Morgan fingerprint density at radius 3 is 2.57 bits per heavy atom. The van der Waals surface area contributed by atoms with Gasteiger partial charge in [0, 0.05) is 0 Å². The Labute approximate surface area is 56.0 Å². The van der Waals surface area contributed by atoms with E-state index in [0.29, 0.717) is 0 Å². The molecule has 1 unspecified atom stereocenters. The molecule has 1 atom stereocenters. The summed E-state index contributed by atoms with van der Waals surface area (Å²) in [6, 6.07) is 1.62. The summed E-state index contributed by atoms with van der Waals surface area (Å²) in [6.07, 6.45) is 2.80. The maximum Gasteiger partial charge on any atom is 1.00 e. The first kappa shape index (κ1) is 5.69. The van der Waals surface area contributed by atoms with Crippen molar-refractivity contribution in [2.75, 3.05) is 6.54 Å². The molecule has 1 heterocycles. The molecule has 0 aromatic heterocycles. The average Bonchev–Trinajstić information content (AvgIpc) is 2.17. The second-order valence-electron chi connectivity index (χ2n) is 2.14. The molecule has 2 aliphatic rings. The predicted octanol–water partition coefficient (Wildman–Crippen LogP) is -2.46. The van der Waals surface area contributed by atoms with E-state index in [2.05, 4.69) is 5.32 Å². The van der Waals surface area contributed by atoms with Crippen molar-refractivity contribution in [2.24, 2.45) is 5.92 Å². The van der Waals surface area contributed by atoms with Crippen molar-refractivity contribution in [2.45, 2.75) is 12.8 Å². The van der Waals surface area contributed by atoms with E-state index >= 15 is 0 Å². The van der Waals surface area contributed by atoms with Crippen molar-refractivity contribution in [1.82, 2.24) is 5.32 Å². The molecular weight excluding hydrogens is 81.0 g/mol. The smallest absolute Gasteiger partial charge is 0.467 e. The Morgan fingerprint density at radius 2 is 2.43 bits per heavy atom. The van der Waals surface area contributed by atoms with Gasteiger partial charge >= 0.3 is 18.9 Å². The SMILES string of the molecule is C1CC2C[C-]2N1.[Li+]. The number of hydrogen-bond donors (Lipinski definition) is 1. The Balaban J connectivity index is 0.000000245. The Bertz CT molecular complexity index is 66.5. The topological polar surface area (TPSA) is 12.0 Å². The van der Waals surface area contributed by atoms with Crippen LogP contribution in [0.2, 0.25) is 0 Å². The minimum atomic E-state index is 0. The van der Waals surface area contributed by atoms with Crippen LogP contribution in [0.25, 0.3) is 0 Å². The first-order valence-electron chi connectivity index (χ1n) is 2.56. The third-order valence-corrected chi connectivity index (χ3v) is 1.64. The fourth-order valence-electron chi connectivity index (χ4n) is 1.11. The molecule has 1 aliphatic heterocycles. The summed E-state index contributed by atoms with van der Waals surface area (Å²) in [5, 5.41) is 3.31. The summed E-state index contributed by atoms with van der Waals surface area (Å²) >= 11 is 0. The van der Waals surface area contributed by atoms with Crippen molar-refractivity contribution in [3.63, 3.8) is 0 Å². The molecule has 0 aromatic carbocycles. The predicted molar refractivity (Wildman–Crippen MR) is 24.0 cm³/mol. The van der Waals surface area contributed by atoms with Gasteiger partial charge in [0.2, 0.25) is 0 Å². The van der Waals surface area contributed by atoms with E-state index in [1.165, 1.54) is 19.4 Å². The first-order chi connectivity index (χ1) is 2.97. The molecule has 0 amide bonds. The molecular formula is C5H8LiN. The average molecular weight is 89.1 g/mol. The second kappa shape index (κ2) is 1.82. The van der Waals surface area contributed by atoms with Crippen molar-refractivity contribution in [3.05, 3.63) is 6.04 Å². The van der Waals surface area contributed by atoms with E-state index in [1.54, 1.807) is 6.04 Å². The van der Waals surface area contributed by atoms with Gasteiger partial charge in [0.15, 0.2) is 0 Å². The van der Waals surface area contributed by atoms with Gasteiger partial charge in [0.25, 0.3) is 0 Å². The van der Waals surface area contributed by atoms with Crippen LogP contribution in [0.4, 0.5) is 0 Å². The van der Waals surface area contributed by atoms with E-state index in [0.717, 1.165) is 5.92 Å². The third-order valence-electron chi connectivity index (χ3n) is 1.64. The van der Waals surface area contributed by atoms with Gasteiger partial charge in [0.1, 0.15) is 0 Å². The molecule has 7 heavy (non-hydrogen) atoms. The molecule has 2 fully saturated rings. The minimum Gasteiger partial charge on any atom is -0.467 e. The van der Waals surface area contributed by atoms with Crippen LogP contribution >= 0.6 is 0 Å². The monoisotopic (exact) mass is 89.1 g/mol. The summed E-state index contributed by atoms with van der Waals surface area (Å²) in [5.41, 5.74) is 0. The van der Waals surface area contributed by atoms with Crippen LogP contribution < -0.4 is 24.2 Å². The zero-order valence-corrected chi connectivity index (χ0v) is 4.70. The summed E-state index contributed by atoms with van der Waals surface area (Å²) in [4.78, 5) is 0. The summed E-state index contributed by atoms with van der Waals surface area (Å²) in [6.45, 7) is 1.25. The van der Waals surface area contributed by atoms with E-state index in [9.17, 15) is 0 Å². The summed E-state index contributed by atoms with van der Waals surface area (Å²) in [7, 11) is 0. The fraction of sp³-hybridized carbons (Fsp3) is 0.800. The van der Waals surface area contributed by atoms with E-state index in [4.69, 9.17) is 0 Å². The van der Waals surface area contributed by atoms with Crippen LogP contribution in [-0.2, 0) is 0 Å². The van der Waals surface area contributed by atoms with Crippen LogP contribution in [0.5, 0.6) is 0 Å². The number of hydrogen-bond acceptors (Lipinski definition) is 1.